The summed E-state index contributed by atoms with van der Waals surface area (Å²) in [6.45, 7) is 0. The summed E-state index contributed by atoms with van der Waals surface area (Å²) < 4.78 is 0. The SMILES string of the molecule is C(=N\N=C\c1nccs1)/c1ccncc1. The average molecular weight is 216 g/mol. The summed E-state index contributed by atoms with van der Waals surface area (Å²) in [5.74, 6) is 0. The van der Waals surface area contributed by atoms with Crippen molar-refractivity contribution in [2.75, 3.05) is 0 Å². The van der Waals surface area contributed by atoms with Crippen LogP contribution in [0.3, 0.4) is 0 Å². The fourth-order valence-electron chi connectivity index (χ4n) is 0.930. The molecule has 2 rings (SSSR count). The van der Waals surface area contributed by atoms with Crippen molar-refractivity contribution in [3.8, 4) is 0 Å². The van der Waals surface area contributed by atoms with E-state index >= 15 is 0 Å². The van der Waals surface area contributed by atoms with E-state index in [0.29, 0.717) is 0 Å². The number of pyridine rings is 1. The monoisotopic (exact) mass is 216 g/mol. The van der Waals surface area contributed by atoms with Gasteiger partial charge in [0.15, 0.2) is 0 Å². The molecule has 0 radical (unpaired) electrons. The number of aromatic nitrogens is 2. The van der Waals surface area contributed by atoms with E-state index in [0.717, 1.165) is 10.6 Å². The highest BCUT2D eigenvalue weighted by Crippen LogP contribution is 1.99. The van der Waals surface area contributed by atoms with Gasteiger partial charge in [-0.2, -0.15) is 10.2 Å². The van der Waals surface area contributed by atoms with E-state index in [9.17, 15) is 0 Å². The van der Waals surface area contributed by atoms with Gasteiger partial charge in [-0.15, -0.1) is 11.3 Å². The smallest absolute Gasteiger partial charge is 0.136 e. The minimum absolute atomic E-state index is 0.849. The second kappa shape index (κ2) is 5.11. The molecule has 0 aliphatic carbocycles. The van der Waals surface area contributed by atoms with Crippen LogP contribution in [0.2, 0.25) is 0 Å². The molecule has 5 heteroatoms. The van der Waals surface area contributed by atoms with Crippen LogP contribution < -0.4 is 0 Å². The van der Waals surface area contributed by atoms with Crippen LogP contribution in [0.25, 0.3) is 0 Å². The Labute approximate surface area is 91.1 Å². The highest BCUT2D eigenvalue weighted by atomic mass is 32.1. The zero-order chi connectivity index (χ0) is 10.3. The molecule has 0 fully saturated rings. The second-order valence-corrected chi connectivity index (χ2v) is 3.57. The third-order valence-corrected chi connectivity index (χ3v) is 2.31. The first-order valence-corrected chi connectivity index (χ1v) is 5.19. The van der Waals surface area contributed by atoms with Crippen molar-refractivity contribution < 1.29 is 0 Å². The lowest BCUT2D eigenvalue weighted by atomic mass is 10.3. The first-order chi connectivity index (χ1) is 7.45. The Bertz CT molecular complexity index is 448. The van der Waals surface area contributed by atoms with E-state index in [1.165, 1.54) is 11.3 Å². The minimum atomic E-state index is 0.849. The molecule has 2 aromatic rings. The molecule has 0 aliphatic heterocycles. The summed E-state index contributed by atoms with van der Waals surface area (Å²) in [6.07, 6.45) is 8.46. The molecular weight excluding hydrogens is 208 g/mol. The molecule has 0 bridgehead atoms. The average Bonchev–Trinajstić information content (AvgIpc) is 2.79. The predicted molar refractivity (Wildman–Crippen MR) is 61.5 cm³/mol. The Kier molecular flexibility index (Phi) is 3.30. The number of hydrogen-bond acceptors (Lipinski definition) is 5. The number of rotatable bonds is 3. The maximum absolute atomic E-state index is 4.05. The topological polar surface area (TPSA) is 50.5 Å². The molecule has 0 N–H and O–H groups in total. The molecule has 2 heterocycles. The number of thiazole rings is 1. The highest BCUT2D eigenvalue weighted by Gasteiger charge is 1.86. The molecule has 0 amide bonds. The number of hydrogen-bond donors (Lipinski definition) is 0. The van der Waals surface area contributed by atoms with Crippen molar-refractivity contribution in [3.05, 3.63) is 46.7 Å². The summed E-state index contributed by atoms with van der Waals surface area (Å²) in [4.78, 5) is 7.95. The predicted octanol–water partition coefficient (Wildman–Crippen LogP) is 1.99. The Morgan fingerprint density at radius 3 is 2.60 bits per heavy atom. The fourth-order valence-corrected chi connectivity index (χ4v) is 1.42. The molecule has 74 valence electrons. The van der Waals surface area contributed by atoms with Crippen LogP contribution in [0.5, 0.6) is 0 Å². The van der Waals surface area contributed by atoms with Gasteiger partial charge in [0.2, 0.25) is 0 Å². The largest absolute Gasteiger partial charge is 0.265 e. The molecule has 2 aromatic heterocycles. The van der Waals surface area contributed by atoms with Gasteiger partial charge in [-0.25, -0.2) is 4.98 Å². The van der Waals surface area contributed by atoms with E-state index < -0.39 is 0 Å². The molecule has 15 heavy (non-hydrogen) atoms. The van der Waals surface area contributed by atoms with Crippen molar-refractivity contribution in [2.45, 2.75) is 0 Å². The molecule has 0 unspecified atom stereocenters. The van der Waals surface area contributed by atoms with Gasteiger partial charge in [0.05, 0.1) is 12.4 Å². The molecule has 4 nitrogen and oxygen atoms in total. The lowest BCUT2D eigenvalue weighted by molar-refractivity contribution is 1.25. The van der Waals surface area contributed by atoms with Crippen molar-refractivity contribution >= 4 is 23.8 Å². The summed E-state index contributed by atoms with van der Waals surface area (Å²) >= 11 is 1.52. The molecule has 0 spiro atoms. The normalized spacial score (nSPS) is 11.5. The zero-order valence-corrected chi connectivity index (χ0v) is 8.63. The summed E-state index contributed by atoms with van der Waals surface area (Å²) in [5.41, 5.74) is 0.973. The van der Waals surface area contributed by atoms with Crippen molar-refractivity contribution in [1.82, 2.24) is 9.97 Å². The van der Waals surface area contributed by atoms with Crippen LogP contribution in [0.4, 0.5) is 0 Å². The van der Waals surface area contributed by atoms with E-state index in [1.54, 1.807) is 31.0 Å². The van der Waals surface area contributed by atoms with Crippen LogP contribution in [0.15, 0.2) is 46.3 Å². The lowest BCUT2D eigenvalue weighted by Crippen LogP contribution is -1.80. The second-order valence-electron chi connectivity index (χ2n) is 2.64. The van der Waals surface area contributed by atoms with Crippen LogP contribution in [0.1, 0.15) is 10.6 Å². The summed E-state index contributed by atoms with van der Waals surface area (Å²) in [5, 5.41) is 10.5. The lowest BCUT2D eigenvalue weighted by Gasteiger charge is -1.86. The quantitative estimate of drug-likeness (QED) is 0.582. The molecular formula is C10H8N4S. The van der Waals surface area contributed by atoms with Gasteiger partial charge in [0, 0.05) is 24.0 Å². The number of nitrogens with zero attached hydrogens (tertiary/aromatic N) is 4. The Balaban J connectivity index is 1.96. The fraction of sp³-hybridized carbons (Fsp3) is 0. The summed E-state index contributed by atoms with van der Waals surface area (Å²) in [7, 11) is 0. The maximum Gasteiger partial charge on any atom is 0.136 e. The molecule has 0 atom stereocenters. The first kappa shape index (κ1) is 9.67. The van der Waals surface area contributed by atoms with Crippen LogP contribution in [0, 0.1) is 0 Å². The standard InChI is InChI=1S/C10H8N4S/c1-3-11-4-2-9(1)7-13-14-8-10-12-5-6-15-10/h1-8H/b13-7+,14-8+. The summed E-state index contributed by atoms with van der Waals surface area (Å²) in [6, 6.07) is 3.73. The zero-order valence-electron chi connectivity index (χ0n) is 7.82. The van der Waals surface area contributed by atoms with Gasteiger partial charge in [0.1, 0.15) is 5.01 Å². The maximum atomic E-state index is 4.05. The van der Waals surface area contributed by atoms with E-state index in [1.807, 2.05) is 17.5 Å². The van der Waals surface area contributed by atoms with E-state index in [-0.39, 0.29) is 0 Å². The molecule has 0 aromatic carbocycles. The van der Waals surface area contributed by atoms with E-state index in [4.69, 9.17) is 0 Å². The van der Waals surface area contributed by atoms with Crippen LogP contribution in [-0.4, -0.2) is 22.4 Å². The van der Waals surface area contributed by atoms with E-state index in [2.05, 4.69) is 20.2 Å². The van der Waals surface area contributed by atoms with Crippen LogP contribution in [-0.2, 0) is 0 Å². The van der Waals surface area contributed by atoms with Gasteiger partial charge in [-0.3, -0.25) is 4.98 Å². The van der Waals surface area contributed by atoms with Crippen molar-refractivity contribution in [3.63, 3.8) is 0 Å². The van der Waals surface area contributed by atoms with Gasteiger partial charge in [-0.1, -0.05) is 0 Å². The van der Waals surface area contributed by atoms with Crippen LogP contribution >= 0.6 is 11.3 Å². The van der Waals surface area contributed by atoms with Gasteiger partial charge in [-0.05, 0) is 17.7 Å². The highest BCUT2D eigenvalue weighted by molar-refractivity contribution is 7.11. The van der Waals surface area contributed by atoms with Gasteiger partial charge < -0.3 is 0 Å². The minimum Gasteiger partial charge on any atom is -0.265 e. The third-order valence-electron chi connectivity index (χ3n) is 1.60. The van der Waals surface area contributed by atoms with Crippen molar-refractivity contribution in [1.29, 1.82) is 0 Å². The Morgan fingerprint density at radius 2 is 1.87 bits per heavy atom. The third kappa shape index (κ3) is 3.07. The van der Waals surface area contributed by atoms with Crippen molar-refractivity contribution in [2.24, 2.45) is 10.2 Å². The Morgan fingerprint density at radius 1 is 1.07 bits per heavy atom. The van der Waals surface area contributed by atoms with Gasteiger partial charge in [0.25, 0.3) is 0 Å². The first-order valence-electron chi connectivity index (χ1n) is 4.31. The Hall–Kier alpha value is -1.88. The molecule has 0 aliphatic rings. The molecule has 0 saturated carbocycles. The molecule has 0 saturated heterocycles. The van der Waals surface area contributed by atoms with Gasteiger partial charge >= 0.3 is 0 Å².